The van der Waals surface area contributed by atoms with E-state index in [-0.39, 0.29) is 0 Å². The molecule has 29 heavy (non-hydrogen) atoms. The van der Waals surface area contributed by atoms with Crippen molar-refractivity contribution in [2.45, 2.75) is 76.0 Å². The summed E-state index contributed by atoms with van der Waals surface area (Å²) in [5.41, 5.74) is 6.26. The van der Waals surface area contributed by atoms with Crippen molar-refractivity contribution in [1.29, 1.82) is 0 Å². The lowest BCUT2D eigenvalue weighted by Gasteiger charge is -2.25. The third-order valence-corrected chi connectivity index (χ3v) is 7.46. The molecule has 2 aromatic rings. The van der Waals surface area contributed by atoms with E-state index in [1.54, 1.807) is 11.1 Å². The molecule has 2 saturated carbocycles. The number of hydrogen-bond donors (Lipinski definition) is 0. The quantitative estimate of drug-likeness (QED) is 0.508. The summed E-state index contributed by atoms with van der Waals surface area (Å²) in [6.45, 7) is 0.751. The highest BCUT2D eigenvalue weighted by molar-refractivity contribution is 5.76. The van der Waals surface area contributed by atoms with Gasteiger partial charge in [0.15, 0.2) is 0 Å². The fourth-order valence-corrected chi connectivity index (χ4v) is 5.85. The van der Waals surface area contributed by atoms with Gasteiger partial charge in [-0.05, 0) is 71.9 Å². The highest BCUT2D eigenvalue weighted by Crippen LogP contribution is 2.46. The molecule has 1 heteroatoms. The number of rotatable bonds is 5. The SMILES string of the molecule is C1=C(C2CCCCC2)c2ccc(C3CCCCC3)cc2C1COc1ccccc1. The summed E-state index contributed by atoms with van der Waals surface area (Å²) in [7, 11) is 0. The van der Waals surface area contributed by atoms with Gasteiger partial charge in [-0.25, -0.2) is 0 Å². The number of allylic oxidation sites excluding steroid dienone is 1. The Morgan fingerprint density at radius 3 is 2.14 bits per heavy atom. The lowest BCUT2D eigenvalue weighted by Crippen LogP contribution is -2.09. The fourth-order valence-electron chi connectivity index (χ4n) is 5.85. The fraction of sp³-hybridized carbons (Fsp3) is 0.500. The second kappa shape index (κ2) is 8.78. The molecule has 0 heterocycles. The standard InChI is InChI=1S/C28H34O/c1-4-10-21(11-5-1)23-16-17-26-27(22-12-6-2-7-13-22)19-24(28(26)18-23)20-29-25-14-8-3-9-15-25/h3,8-9,14-19,21-22,24H,1-2,4-7,10-13,20H2. The van der Waals surface area contributed by atoms with Crippen molar-refractivity contribution < 1.29 is 4.74 Å². The summed E-state index contributed by atoms with van der Waals surface area (Å²) in [5, 5.41) is 0. The minimum Gasteiger partial charge on any atom is -0.493 e. The Labute approximate surface area is 176 Å². The first-order valence-corrected chi connectivity index (χ1v) is 11.9. The number of benzene rings is 2. The van der Waals surface area contributed by atoms with Crippen LogP contribution in [0.2, 0.25) is 0 Å². The first-order chi connectivity index (χ1) is 14.4. The van der Waals surface area contributed by atoms with Crippen LogP contribution in [0.5, 0.6) is 5.75 Å². The Bertz CT molecular complexity index is 838. The minimum atomic E-state index is 0.394. The molecule has 0 amide bonds. The Kier molecular flexibility index (Phi) is 5.74. The monoisotopic (exact) mass is 386 g/mol. The van der Waals surface area contributed by atoms with Crippen LogP contribution in [0.4, 0.5) is 0 Å². The Hall–Kier alpha value is -2.02. The van der Waals surface area contributed by atoms with Gasteiger partial charge in [-0.1, -0.05) is 81.0 Å². The van der Waals surface area contributed by atoms with Gasteiger partial charge in [0.1, 0.15) is 5.75 Å². The molecule has 152 valence electrons. The summed E-state index contributed by atoms with van der Waals surface area (Å²) in [6, 6.07) is 17.8. The number of ether oxygens (including phenoxy) is 1. The Morgan fingerprint density at radius 2 is 1.41 bits per heavy atom. The van der Waals surface area contributed by atoms with Crippen molar-refractivity contribution in [3.63, 3.8) is 0 Å². The van der Waals surface area contributed by atoms with Crippen molar-refractivity contribution in [2.75, 3.05) is 6.61 Å². The van der Waals surface area contributed by atoms with Gasteiger partial charge in [0, 0.05) is 5.92 Å². The van der Waals surface area contributed by atoms with E-state index in [2.05, 4.69) is 54.6 Å². The zero-order valence-corrected chi connectivity index (χ0v) is 17.6. The minimum absolute atomic E-state index is 0.394. The average molecular weight is 387 g/mol. The molecule has 0 spiro atoms. The molecule has 5 rings (SSSR count). The molecule has 0 aromatic heterocycles. The van der Waals surface area contributed by atoms with Crippen molar-refractivity contribution in [1.82, 2.24) is 0 Å². The van der Waals surface area contributed by atoms with Gasteiger partial charge in [0.05, 0.1) is 6.61 Å². The third kappa shape index (κ3) is 4.15. The maximum Gasteiger partial charge on any atom is 0.119 e. The average Bonchev–Trinajstić information content (AvgIpc) is 3.17. The second-order valence-corrected chi connectivity index (χ2v) is 9.37. The predicted octanol–water partition coefficient (Wildman–Crippen LogP) is 7.87. The molecule has 2 aromatic carbocycles. The lowest BCUT2D eigenvalue weighted by atomic mass is 9.80. The van der Waals surface area contributed by atoms with Gasteiger partial charge in [0.25, 0.3) is 0 Å². The highest BCUT2D eigenvalue weighted by Gasteiger charge is 2.30. The van der Waals surface area contributed by atoms with Crippen molar-refractivity contribution in [2.24, 2.45) is 5.92 Å². The van der Waals surface area contributed by atoms with Gasteiger partial charge in [-0.15, -0.1) is 0 Å². The molecule has 1 unspecified atom stereocenters. The molecule has 3 aliphatic rings. The van der Waals surface area contributed by atoms with E-state index in [0.717, 1.165) is 24.2 Å². The van der Waals surface area contributed by atoms with E-state index in [4.69, 9.17) is 4.74 Å². The van der Waals surface area contributed by atoms with E-state index in [1.807, 2.05) is 0 Å². The molecule has 0 bridgehead atoms. The van der Waals surface area contributed by atoms with Gasteiger partial charge in [0.2, 0.25) is 0 Å². The number of para-hydroxylation sites is 1. The first kappa shape index (κ1) is 19.0. The zero-order valence-electron chi connectivity index (χ0n) is 17.6. The molecule has 1 nitrogen and oxygen atoms in total. The molecule has 0 radical (unpaired) electrons. The summed E-state index contributed by atoms with van der Waals surface area (Å²) in [6.07, 6.45) is 16.4. The van der Waals surface area contributed by atoms with E-state index in [1.165, 1.54) is 75.3 Å². The van der Waals surface area contributed by atoms with Gasteiger partial charge < -0.3 is 4.74 Å². The maximum atomic E-state index is 6.22. The van der Waals surface area contributed by atoms with Crippen LogP contribution in [0.1, 0.15) is 92.7 Å². The van der Waals surface area contributed by atoms with Gasteiger partial charge in [-0.2, -0.15) is 0 Å². The molecule has 1 atom stereocenters. The molecule has 0 N–H and O–H groups in total. The van der Waals surface area contributed by atoms with Gasteiger partial charge >= 0.3 is 0 Å². The Morgan fingerprint density at radius 1 is 0.724 bits per heavy atom. The first-order valence-electron chi connectivity index (χ1n) is 11.9. The molecular formula is C28H34O. The van der Waals surface area contributed by atoms with E-state index in [9.17, 15) is 0 Å². The van der Waals surface area contributed by atoms with Crippen LogP contribution in [-0.2, 0) is 0 Å². The van der Waals surface area contributed by atoms with Crippen LogP contribution < -0.4 is 4.74 Å². The van der Waals surface area contributed by atoms with Crippen molar-refractivity contribution >= 4 is 5.57 Å². The smallest absolute Gasteiger partial charge is 0.119 e. The summed E-state index contributed by atoms with van der Waals surface area (Å²) in [5.74, 6) is 2.90. The highest BCUT2D eigenvalue weighted by atomic mass is 16.5. The van der Waals surface area contributed by atoms with Crippen LogP contribution in [0.15, 0.2) is 54.6 Å². The van der Waals surface area contributed by atoms with Crippen LogP contribution in [0, 0.1) is 5.92 Å². The summed E-state index contributed by atoms with van der Waals surface area (Å²) >= 11 is 0. The normalized spacial score (nSPS) is 22.9. The van der Waals surface area contributed by atoms with Crippen LogP contribution in [0.25, 0.3) is 5.57 Å². The van der Waals surface area contributed by atoms with Crippen LogP contribution in [-0.4, -0.2) is 6.61 Å². The van der Waals surface area contributed by atoms with E-state index in [0.29, 0.717) is 5.92 Å². The third-order valence-electron chi connectivity index (χ3n) is 7.46. The van der Waals surface area contributed by atoms with Crippen molar-refractivity contribution in [3.05, 3.63) is 71.3 Å². The topological polar surface area (TPSA) is 9.23 Å². The van der Waals surface area contributed by atoms with E-state index < -0.39 is 0 Å². The number of hydrogen-bond acceptors (Lipinski definition) is 1. The van der Waals surface area contributed by atoms with Gasteiger partial charge in [-0.3, -0.25) is 0 Å². The summed E-state index contributed by atoms with van der Waals surface area (Å²) < 4.78 is 6.22. The van der Waals surface area contributed by atoms with Crippen molar-refractivity contribution in [3.8, 4) is 5.75 Å². The van der Waals surface area contributed by atoms with Crippen LogP contribution in [0.3, 0.4) is 0 Å². The lowest BCUT2D eigenvalue weighted by molar-refractivity contribution is 0.307. The largest absolute Gasteiger partial charge is 0.493 e. The maximum absolute atomic E-state index is 6.22. The molecule has 3 aliphatic carbocycles. The second-order valence-electron chi connectivity index (χ2n) is 9.37. The predicted molar refractivity (Wildman–Crippen MR) is 121 cm³/mol. The molecular weight excluding hydrogens is 352 g/mol. The van der Waals surface area contributed by atoms with Crippen LogP contribution >= 0.6 is 0 Å². The molecule has 2 fully saturated rings. The molecule has 0 aliphatic heterocycles. The zero-order chi connectivity index (χ0) is 19.5. The van der Waals surface area contributed by atoms with E-state index >= 15 is 0 Å². The number of fused-ring (bicyclic) bond motifs is 1. The summed E-state index contributed by atoms with van der Waals surface area (Å²) in [4.78, 5) is 0. The Balaban J connectivity index is 1.42. The molecule has 0 saturated heterocycles.